The van der Waals surface area contributed by atoms with E-state index in [1.54, 1.807) is 0 Å². The fourth-order valence-corrected chi connectivity index (χ4v) is 2.56. The molecule has 4 aliphatic carbocycles. The Kier molecular flexibility index (Phi) is 19.5. The Morgan fingerprint density at radius 2 is 0.862 bits per heavy atom. The Bertz CT molecular complexity index is 332. The number of aliphatic carboxylic acids is 1. The molecule has 4 fully saturated rings. The first-order chi connectivity index (χ1) is 13.2. The summed E-state index contributed by atoms with van der Waals surface area (Å²) in [6.45, 7) is 1.41. The normalized spacial score (nSPS) is 21.6. The molecule has 3 nitrogen and oxygen atoms in total. The van der Waals surface area contributed by atoms with Crippen LogP contribution in [-0.4, -0.2) is 35.6 Å². The minimum Gasteiger partial charge on any atom is -0.480 e. The van der Waals surface area contributed by atoms with Gasteiger partial charge in [0.15, 0.2) is 0 Å². The van der Waals surface area contributed by atoms with Crippen LogP contribution >= 0.6 is 0 Å². The number of nitrogens with zero attached hydrogens (tertiary/aromatic N) is 1. The molecule has 0 heterocycles. The van der Waals surface area contributed by atoms with Gasteiger partial charge >= 0.3 is 40.1 Å². The predicted octanol–water partition coefficient (Wildman–Crippen LogP) is 3.22. The maximum absolute atomic E-state index is 10.8. The van der Waals surface area contributed by atoms with Crippen LogP contribution in [0.4, 0.5) is 0 Å². The average Bonchev–Trinajstić information content (AvgIpc) is 3.45. The first-order valence-corrected chi connectivity index (χ1v) is 8.93. The second-order valence-corrected chi connectivity index (χ2v) is 6.05. The molecule has 150 valence electrons. The zero-order chi connectivity index (χ0) is 19.2. The van der Waals surface area contributed by atoms with Crippen LogP contribution in [0.5, 0.6) is 0 Å². The van der Waals surface area contributed by atoms with Gasteiger partial charge in [-0.25, -0.2) is 0 Å². The molecule has 0 aromatic heterocycles. The smallest absolute Gasteiger partial charge is 0.480 e. The largest absolute Gasteiger partial charge is 2.00 e. The SMILES string of the molecule is O=C(O)CN(C[C]1[CH][CH][CH][CH]1)C[C]1[CH][CH][CH][CH]1.[CH]1[CH][CH][CH][CH]1.[CH]1[CH][CH][CH][CH]1.[Fe+2].[Fe+2]. The van der Waals surface area contributed by atoms with Gasteiger partial charge in [0.25, 0.3) is 0 Å². The molecule has 29 heavy (non-hydrogen) atoms. The van der Waals surface area contributed by atoms with E-state index in [2.05, 4.69) is 0 Å². The number of rotatable bonds is 6. The van der Waals surface area contributed by atoms with E-state index in [1.807, 2.05) is 120 Å². The van der Waals surface area contributed by atoms with Gasteiger partial charge in [-0.05, 0) is 127 Å². The topological polar surface area (TPSA) is 40.5 Å². The van der Waals surface area contributed by atoms with E-state index in [0.29, 0.717) is 13.1 Å². The molecule has 20 radical (unpaired) electrons. The number of carboxylic acids is 1. The zero-order valence-electron chi connectivity index (χ0n) is 16.0. The van der Waals surface area contributed by atoms with Crippen molar-refractivity contribution in [3.8, 4) is 0 Å². The molecular weight excluding hydrogens is 446 g/mol. The summed E-state index contributed by atoms with van der Waals surface area (Å²) >= 11 is 0. The number of hydrogen-bond donors (Lipinski definition) is 1. The van der Waals surface area contributed by atoms with Crippen molar-refractivity contribution in [3.63, 3.8) is 0 Å². The molecule has 4 aliphatic rings. The van der Waals surface area contributed by atoms with E-state index in [-0.39, 0.29) is 40.7 Å². The Morgan fingerprint density at radius 3 is 1.10 bits per heavy atom. The van der Waals surface area contributed by atoms with Crippen molar-refractivity contribution in [2.45, 2.75) is 0 Å². The molecule has 4 rings (SSSR count). The Balaban J connectivity index is 0.000000537. The van der Waals surface area contributed by atoms with Crippen LogP contribution in [-0.2, 0) is 38.9 Å². The van der Waals surface area contributed by atoms with Crippen molar-refractivity contribution in [1.82, 2.24) is 4.90 Å². The first-order valence-electron chi connectivity index (χ1n) is 8.93. The summed E-state index contributed by atoms with van der Waals surface area (Å²) in [4.78, 5) is 12.7. The van der Waals surface area contributed by atoms with Crippen molar-refractivity contribution >= 4 is 5.97 Å². The third-order valence-corrected chi connectivity index (χ3v) is 3.75. The van der Waals surface area contributed by atoms with E-state index in [0.717, 1.165) is 11.8 Å². The Morgan fingerprint density at radius 1 is 0.586 bits per heavy atom. The summed E-state index contributed by atoms with van der Waals surface area (Å²) in [6.07, 6.45) is 35.9. The maximum atomic E-state index is 10.8. The van der Waals surface area contributed by atoms with Crippen LogP contribution in [0, 0.1) is 127 Å². The fourth-order valence-electron chi connectivity index (χ4n) is 2.56. The summed E-state index contributed by atoms with van der Waals surface area (Å²) in [7, 11) is 0. The standard InChI is InChI=1S/C14H15NO2.2C5H5.2Fe/c16-14(17)11-15(9-12-5-1-2-6-12)10-13-7-3-4-8-13;2*1-2-4-5-3-1;;/h1-8H,9-11H2,(H,16,17);2*1-5H;;/q;;;2*+2. The van der Waals surface area contributed by atoms with Gasteiger partial charge in [-0.1, -0.05) is 0 Å². The molecular formula is C24H25Fe2NO2+4. The summed E-state index contributed by atoms with van der Waals surface area (Å²) in [5, 5.41) is 8.90. The quantitative estimate of drug-likeness (QED) is 0.606. The second-order valence-electron chi connectivity index (χ2n) is 6.05. The minimum atomic E-state index is -0.789. The molecule has 0 aromatic rings. The molecule has 4 saturated carbocycles. The van der Waals surface area contributed by atoms with Crippen LogP contribution in [0.15, 0.2) is 0 Å². The molecule has 0 aromatic carbocycles. The van der Waals surface area contributed by atoms with Crippen molar-refractivity contribution in [3.05, 3.63) is 127 Å². The van der Waals surface area contributed by atoms with Crippen LogP contribution in [0.3, 0.4) is 0 Å². The summed E-state index contributed by atoms with van der Waals surface area (Å²) < 4.78 is 0. The van der Waals surface area contributed by atoms with E-state index >= 15 is 0 Å². The molecule has 1 N–H and O–H groups in total. The summed E-state index contributed by atoms with van der Waals surface area (Å²) in [6, 6.07) is 0. The van der Waals surface area contributed by atoms with Gasteiger partial charge in [0.1, 0.15) is 0 Å². The van der Waals surface area contributed by atoms with Crippen molar-refractivity contribution < 1.29 is 44.0 Å². The van der Waals surface area contributed by atoms with Gasteiger partial charge in [0.2, 0.25) is 0 Å². The van der Waals surface area contributed by atoms with Crippen molar-refractivity contribution in [2.24, 2.45) is 0 Å². The Hall–Kier alpha value is 0.469. The van der Waals surface area contributed by atoms with E-state index < -0.39 is 5.97 Å². The van der Waals surface area contributed by atoms with Gasteiger partial charge in [0.05, 0.1) is 6.54 Å². The van der Waals surface area contributed by atoms with Gasteiger partial charge in [-0.2, -0.15) is 0 Å². The van der Waals surface area contributed by atoms with Gasteiger partial charge < -0.3 is 5.11 Å². The van der Waals surface area contributed by atoms with E-state index in [9.17, 15) is 4.79 Å². The molecule has 0 aliphatic heterocycles. The van der Waals surface area contributed by atoms with Crippen LogP contribution < -0.4 is 0 Å². The fraction of sp³-hybridized carbons (Fsp3) is 0.125. The molecule has 0 bridgehead atoms. The van der Waals surface area contributed by atoms with Crippen LogP contribution in [0.2, 0.25) is 0 Å². The third kappa shape index (κ3) is 15.0. The van der Waals surface area contributed by atoms with Crippen LogP contribution in [0.25, 0.3) is 0 Å². The predicted molar refractivity (Wildman–Crippen MR) is 108 cm³/mol. The summed E-state index contributed by atoms with van der Waals surface area (Å²) in [5.74, 6) is 1.51. The second kappa shape index (κ2) is 19.2. The Labute approximate surface area is 201 Å². The van der Waals surface area contributed by atoms with Gasteiger partial charge in [-0.15, -0.1) is 0 Å². The van der Waals surface area contributed by atoms with E-state index in [4.69, 9.17) is 5.11 Å². The van der Waals surface area contributed by atoms with Crippen molar-refractivity contribution in [2.75, 3.05) is 19.6 Å². The zero-order valence-corrected chi connectivity index (χ0v) is 18.2. The van der Waals surface area contributed by atoms with Gasteiger partial charge in [-0.3, -0.25) is 9.69 Å². The molecule has 0 atom stereocenters. The third-order valence-electron chi connectivity index (χ3n) is 3.75. The number of carboxylic acid groups (broad SMARTS) is 1. The van der Waals surface area contributed by atoms with Gasteiger partial charge in [0, 0.05) is 13.1 Å². The monoisotopic (exact) mass is 471 g/mol. The summed E-state index contributed by atoms with van der Waals surface area (Å²) in [5.41, 5.74) is 0. The molecule has 0 spiro atoms. The molecule has 5 heteroatoms. The number of carbonyl (C=O) groups is 1. The molecule has 0 saturated heterocycles. The number of hydrogen-bond acceptors (Lipinski definition) is 2. The first kappa shape index (κ1) is 29.5. The maximum Gasteiger partial charge on any atom is 2.00 e. The average molecular weight is 471 g/mol. The minimum absolute atomic E-state index is 0. The molecule has 0 unspecified atom stereocenters. The van der Waals surface area contributed by atoms with E-state index in [1.165, 1.54) is 0 Å². The van der Waals surface area contributed by atoms with Crippen molar-refractivity contribution in [1.29, 1.82) is 0 Å². The molecule has 0 amide bonds. The van der Waals surface area contributed by atoms with Crippen LogP contribution in [0.1, 0.15) is 0 Å².